The van der Waals surface area contributed by atoms with Crippen molar-refractivity contribution < 1.29 is 30.2 Å². The summed E-state index contributed by atoms with van der Waals surface area (Å²) in [5.74, 6) is 2.02. The number of pyridine rings is 1. The molecule has 9 aromatic carbocycles. The van der Waals surface area contributed by atoms with E-state index in [4.69, 9.17) is 9.72 Å². The summed E-state index contributed by atoms with van der Waals surface area (Å²) in [5.41, 5.74) is 18.1. The quantitative estimate of drug-likeness (QED) is 0.121. The minimum Gasteiger partial charge on any atom is -0.509 e. The molecule has 1 aliphatic heterocycles. The molecule has 0 spiro atoms. The molecule has 0 amide bonds. The van der Waals surface area contributed by atoms with Crippen LogP contribution >= 0.6 is 0 Å². The molecule has 0 saturated heterocycles. The summed E-state index contributed by atoms with van der Waals surface area (Å²) < 4.78 is 23.4. The van der Waals surface area contributed by atoms with Crippen LogP contribution in [0.2, 0.25) is 0 Å². The van der Waals surface area contributed by atoms with Crippen molar-refractivity contribution in [1.29, 1.82) is 0 Å². The molecule has 0 radical (unpaired) electrons. The second-order valence-electron chi connectivity index (χ2n) is 19.5. The van der Waals surface area contributed by atoms with Gasteiger partial charge in [0.25, 0.3) is 0 Å². The molecule has 366 valence electrons. The molecule has 0 aliphatic carbocycles. The molecule has 0 saturated carbocycles. The molecule has 0 fully saturated rings. The molecular weight excluding hydrogens is 1090 g/mol. The Labute approximate surface area is 447 Å². The Kier molecular flexibility index (Phi) is 13.1. The minimum atomic E-state index is -0.245. The van der Waals surface area contributed by atoms with E-state index in [0.717, 1.165) is 100 Å². The predicted octanol–water partition coefficient (Wildman–Crippen LogP) is 18.3. The number of benzene rings is 9. The number of fused-ring (bicyclic) bond motifs is 4. The van der Waals surface area contributed by atoms with Crippen LogP contribution in [0.15, 0.2) is 206 Å². The van der Waals surface area contributed by atoms with Crippen LogP contribution in [-0.4, -0.2) is 9.55 Å². The van der Waals surface area contributed by atoms with Crippen LogP contribution in [0.1, 0.15) is 56.2 Å². The number of nitrogens with zero attached hydrogens (tertiary/aromatic N) is 4. The number of hydrogen-bond acceptors (Lipinski definition) is 4. The summed E-state index contributed by atoms with van der Waals surface area (Å²) in [6.07, 6.45) is 1.82. The van der Waals surface area contributed by atoms with Crippen molar-refractivity contribution in [1.82, 2.24) is 9.55 Å². The molecule has 7 heteroatoms. The standard InChI is InChI=1S/C67H52FN4O.Pt/c1-43(2)60-38-53(48-24-26-54(68)27-25-48)39-61(44(3)4)67(60)71-42-70(63-30-23-45(5)32-65(63)71)55-36-52(51-34-49(46-16-8-6-9-17-46)33-50(35-51)47-18-10-7-11-19-47)37-57(40-55)73-56-28-29-59-58-20-12-13-21-62(58)72(64(59)41-56)66-22-14-15-31-69-66;/h6-39,42-44H,1-5H3;/q-3;. The number of rotatable bonds is 11. The van der Waals surface area contributed by atoms with E-state index in [-0.39, 0.29) is 38.7 Å². The second kappa shape index (κ2) is 20.1. The number of hydrogen-bond donors (Lipinski definition) is 0. The molecule has 0 atom stereocenters. The van der Waals surface area contributed by atoms with Crippen LogP contribution in [0.3, 0.4) is 0 Å². The Morgan fingerprint density at radius 3 is 1.74 bits per heavy atom. The van der Waals surface area contributed by atoms with Gasteiger partial charge in [-0.2, -0.15) is 6.07 Å². The number of aromatic nitrogens is 2. The number of aryl methyl sites for hydroxylation is 1. The third kappa shape index (κ3) is 9.09. The topological polar surface area (TPSA) is 33.5 Å². The zero-order valence-electron chi connectivity index (χ0n) is 41.8. The van der Waals surface area contributed by atoms with E-state index in [1.807, 2.05) is 42.6 Å². The van der Waals surface area contributed by atoms with Crippen molar-refractivity contribution in [3.63, 3.8) is 0 Å². The van der Waals surface area contributed by atoms with Crippen LogP contribution in [0.25, 0.3) is 72.1 Å². The fourth-order valence-corrected chi connectivity index (χ4v) is 10.3. The van der Waals surface area contributed by atoms with Gasteiger partial charge in [-0.15, -0.1) is 53.6 Å². The van der Waals surface area contributed by atoms with E-state index in [1.165, 1.54) is 11.1 Å². The first-order valence-electron chi connectivity index (χ1n) is 25.0. The van der Waals surface area contributed by atoms with Crippen molar-refractivity contribution in [3.8, 4) is 61.8 Å². The molecule has 0 bridgehead atoms. The predicted molar refractivity (Wildman–Crippen MR) is 299 cm³/mol. The zero-order chi connectivity index (χ0) is 49.7. The van der Waals surface area contributed by atoms with Gasteiger partial charge in [0.2, 0.25) is 0 Å². The smallest absolute Gasteiger partial charge is 0.135 e. The maximum absolute atomic E-state index is 14.2. The van der Waals surface area contributed by atoms with Crippen LogP contribution in [0, 0.1) is 31.5 Å². The van der Waals surface area contributed by atoms with Gasteiger partial charge in [0.15, 0.2) is 0 Å². The van der Waals surface area contributed by atoms with Gasteiger partial charge in [-0.25, -0.2) is 9.37 Å². The SMILES string of the molecule is Cc1ccc2c(c1)N(c1c(C(C)C)cc(-c3ccc(F)cc3)cc1C(C)C)[CH-]N2c1[c-]c(Oc2[c-]c3c(cc2)c2ccccc2n3-c2ccccn2)cc(-c2cc(-c3ccccc3)cc(-c3ccccc3)c2)c1.[Pt]. The second-order valence-corrected chi connectivity index (χ2v) is 19.5. The Balaban J connectivity index is 0.00000588. The van der Waals surface area contributed by atoms with Gasteiger partial charge in [-0.1, -0.05) is 136 Å². The Morgan fingerprint density at radius 2 is 1.09 bits per heavy atom. The largest absolute Gasteiger partial charge is 0.509 e. The van der Waals surface area contributed by atoms with Gasteiger partial charge in [-0.05, 0) is 153 Å². The van der Waals surface area contributed by atoms with E-state index in [2.05, 4.69) is 219 Å². The van der Waals surface area contributed by atoms with Crippen LogP contribution < -0.4 is 14.5 Å². The Bertz CT molecular complexity index is 3750. The van der Waals surface area contributed by atoms with Crippen molar-refractivity contribution in [2.75, 3.05) is 9.80 Å². The van der Waals surface area contributed by atoms with Gasteiger partial charge >= 0.3 is 0 Å². The molecule has 12 rings (SSSR count). The summed E-state index contributed by atoms with van der Waals surface area (Å²) in [4.78, 5) is 9.38. The van der Waals surface area contributed by atoms with E-state index in [1.54, 1.807) is 12.1 Å². The van der Waals surface area contributed by atoms with Crippen molar-refractivity contribution in [3.05, 3.63) is 248 Å². The van der Waals surface area contributed by atoms with Crippen LogP contribution in [0.4, 0.5) is 27.1 Å². The summed E-state index contributed by atoms with van der Waals surface area (Å²) in [7, 11) is 0. The first-order chi connectivity index (χ1) is 35.6. The molecule has 0 N–H and O–H groups in total. The Hall–Kier alpha value is -8.05. The molecule has 5 nitrogen and oxygen atoms in total. The molecule has 1 aliphatic rings. The van der Waals surface area contributed by atoms with Crippen molar-refractivity contribution in [2.45, 2.75) is 46.5 Å². The van der Waals surface area contributed by atoms with Gasteiger partial charge < -0.3 is 19.1 Å². The first-order valence-corrected chi connectivity index (χ1v) is 25.0. The fourth-order valence-electron chi connectivity index (χ4n) is 10.3. The fraction of sp³-hybridized carbons (Fsp3) is 0.104. The van der Waals surface area contributed by atoms with E-state index in [0.29, 0.717) is 11.5 Å². The number of anilines is 4. The Morgan fingerprint density at radius 1 is 0.500 bits per heavy atom. The molecular formula is C67H52FN4OPt-3. The number of para-hydroxylation sites is 1. The first kappa shape index (κ1) is 48.2. The molecule has 74 heavy (non-hydrogen) atoms. The van der Waals surface area contributed by atoms with Gasteiger partial charge in [0.1, 0.15) is 11.6 Å². The summed E-state index contributed by atoms with van der Waals surface area (Å²) in [5, 5.41) is 2.17. The van der Waals surface area contributed by atoms with Gasteiger partial charge in [-0.3, -0.25) is 0 Å². The normalized spacial score (nSPS) is 12.2. The summed E-state index contributed by atoms with van der Waals surface area (Å²) in [6, 6.07) is 76.3. The maximum atomic E-state index is 14.2. The van der Waals surface area contributed by atoms with Gasteiger partial charge in [0, 0.05) is 61.3 Å². The summed E-state index contributed by atoms with van der Waals surface area (Å²) in [6.45, 7) is 13.4. The van der Waals surface area contributed by atoms with E-state index >= 15 is 0 Å². The average molecular weight is 1140 g/mol. The number of halogens is 1. The third-order valence-corrected chi connectivity index (χ3v) is 13.9. The maximum Gasteiger partial charge on any atom is 0.135 e. The summed E-state index contributed by atoms with van der Waals surface area (Å²) >= 11 is 0. The van der Waals surface area contributed by atoms with E-state index in [9.17, 15) is 4.39 Å². The molecule has 0 unspecified atom stereocenters. The van der Waals surface area contributed by atoms with Crippen molar-refractivity contribution in [2.24, 2.45) is 0 Å². The molecule has 3 heterocycles. The van der Waals surface area contributed by atoms with Gasteiger partial charge in [0.05, 0.1) is 0 Å². The van der Waals surface area contributed by atoms with Crippen molar-refractivity contribution >= 4 is 44.6 Å². The third-order valence-electron chi connectivity index (χ3n) is 13.9. The molecule has 2 aromatic heterocycles. The monoisotopic (exact) mass is 1140 g/mol. The number of ether oxygens (including phenoxy) is 1. The molecule has 11 aromatic rings. The minimum absolute atomic E-state index is 0. The van der Waals surface area contributed by atoms with Crippen LogP contribution in [-0.2, 0) is 21.1 Å². The zero-order valence-corrected chi connectivity index (χ0v) is 44.0. The van der Waals surface area contributed by atoms with Crippen LogP contribution in [0.5, 0.6) is 11.5 Å². The van der Waals surface area contributed by atoms with E-state index < -0.39 is 0 Å². The average Bonchev–Trinajstić information content (AvgIpc) is 3.96.